The van der Waals surface area contributed by atoms with E-state index in [2.05, 4.69) is 27.4 Å². The first-order chi connectivity index (χ1) is 5.06. The van der Waals surface area contributed by atoms with Crippen LogP contribution >= 0.6 is 11.6 Å². The van der Waals surface area contributed by atoms with Crippen LogP contribution in [0.15, 0.2) is 12.2 Å². The summed E-state index contributed by atoms with van der Waals surface area (Å²) in [6, 6.07) is 0. The molecule has 0 aliphatic carbocycles. The van der Waals surface area contributed by atoms with Crippen molar-refractivity contribution in [3.63, 3.8) is 0 Å². The lowest BCUT2D eigenvalue weighted by molar-refractivity contribution is 0.440. The molecule has 11 heavy (non-hydrogen) atoms. The molecule has 0 saturated heterocycles. The third-order valence-electron chi connectivity index (χ3n) is 1.66. The Hall–Kier alpha value is 0.0300. The van der Waals surface area contributed by atoms with Gasteiger partial charge in [-0.1, -0.05) is 19.4 Å². The van der Waals surface area contributed by atoms with Crippen molar-refractivity contribution >= 4 is 11.6 Å². The average Bonchev–Trinajstić information content (AvgIpc) is 1.84. The van der Waals surface area contributed by atoms with E-state index in [1.807, 2.05) is 0 Å². The summed E-state index contributed by atoms with van der Waals surface area (Å²) in [7, 11) is 0. The van der Waals surface area contributed by atoms with Crippen molar-refractivity contribution < 1.29 is 0 Å². The number of halogens is 1. The minimum Gasteiger partial charge on any atom is -0.126 e. The number of hydrogen-bond acceptors (Lipinski definition) is 0. The maximum absolute atomic E-state index is 5.81. The van der Waals surface area contributed by atoms with Gasteiger partial charge in [0.2, 0.25) is 0 Å². The first-order valence-electron chi connectivity index (χ1n) is 4.26. The van der Waals surface area contributed by atoms with Gasteiger partial charge in [0, 0.05) is 5.88 Å². The SMILES string of the molecule is C=C(C)CC(CCl)CC(C)C. The fraction of sp³-hybridized carbons (Fsp3) is 0.800. The Kier molecular flexibility index (Phi) is 5.67. The third kappa shape index (κ3) is 6.43. The predicted octanol–water partition coefficient (Wildman–Crippen LogP) is 3.85. The number of allylic oxidation sites excluding steroid dienone is 1. The van der Waals surface area contributed by atoms with E-state index in [9.17, 15) is 0 Å². The molecule has 0 aliphatic heterocycles. The summed E-state index contributed by atoms with van der Waals surface area (Å²) in [6.07, 6.45) is 2.30. The summed E-state index contributed by atoms with van der Waals surface area (Å²) in [5.41, 5.74) is 1.25. The van der Waals surface area contributed by atoms with E-state index in [1.165, 1.54) is 12.0 Å². The first kappa shape index (κ1) is 11.0. The van der Waals surface area contributed by atoms with Gasteiger partial charge in [0.15, 0.2) is 0 Å². The zero-order chi connectivity index (χ0) is 8.85. The van der Waals surface area contributed by atoms with Gasteiger partial charge in [-0.25, -0.2) is 0 Å². The second kappa shape index (κ2) is 5.65. The van der Waals surface area contributed by atoms with E-state index >= 15 is 0 Å². The van der Waals surface area contributed by atoms with Crippen molar-refractivity contribution in [2.75, 3.05) is 5.88 Å². The van der Waals surface area contributed by atoms with E-state index in [0.717, 1.165) is 18.2 Å². The summed E-state index contributed by atoms with van der Waals surface area (Å²) >= 11 is 5.81. The Morgan fingerprint density at radius 3 is 2.27 bits per heavy atom. The normalized spacial score (nSPS) is 13.5. The molecule has 0 aromatic rings. The smallest absolute Gasteiger partial charge is 0.0254 e. The van der Waals surface area contributed by atoms with Crippen LogP contribution in [0.1, 0.15) is 33.6 Å². The predicted molar refractivity (Wildman–Crippen MR) is 53.1 cm³/mol. The monoisotopic (exact) mass is 174 g/mol. The van der Waals surface area contributed by atoms with Crippen LogP contribution in [-0.2, 0) is 0 Å². The van der Waals surface area contributed by atoms with Crippen molar-refractivity contribution in [1.29, 1.82) is 0 Å². The molecule has 66 valence electrons. The van der Waals surface area contributed by atoms with Crippen LogP contribution in [0.2, 0.25) is 0 Å². The van der Waals surface area contributed by atoms with E-state index in [-0.39, 0.29) is 0 Å². The molecule has 0 amide bonds. The summed E-state index contributed by atoms with van der Waals surface area (Å²) in [5.74, 6) is 2.15. The van der Waals surface area contributed by atoms with Crippen molar-refractivity contribution in [2.45, 2.75) is 33.6 Å². The van der Waals surface area contributed by atoms with E-state index < -0.39 is 0 Å². The fourth-order valence-electron chi connectivity index (χ4n) is 1.36. The molecule has 0 bridgehead atoms. The van der Waals surface area contributed by atoms with Crippen LogP contribution in [0.4, 0.5) is 0 Å². The molecule has 0 aromatic heterocycles. The second-order valence-corrected chi connectivity index (χ2v) is 4.12. The maximum Gasteiger partial charge on any atom is 0.0254 e. The largest absolute Gasteiger partial charge is 0.126 e. The Labute approximate surface area is 75.6 Å². The quantitative estimate of drug-likeness (QED) is 0.439. The van der Waals surface area contributed by atoms with Gasteiger partial charge in [-0.2, -0.15) is 0 Å². The average molecular weight is 175 g/mol. The van der Waals surface area contributed by atoms with Gasteiger partial charge >= 0.3 is 0 Å². The Morgan fingerprint density at radius 2 is 2.00 bits per heavy atom. The van der Waals surface area contributed by atoms with Gasteiger partial charge in [-0.3, -0.25) is 0 Å². The topological polar surface area (TPSA) is 0 Å². The number of hydrogen-bond donors (Lipinski definition) is 0. The van der Waals surface area contributed by atoms with Crippen LogP contribution in [0.25, 0.3) is 0 Å². The Morgan fingerprint density at radius 1 is 1.45 bits per heavy atom. The fourth-order valence-corrected chi connectivity index (χ4v) is 1.60. The molecule has 0 spiro atoms. The zero-order valence-electron chi connectivity index (χ0n) is 7.86. The van der Waals surface area contributed by atoms with Gasteiger partial charge in [0.1, 0.15) is 0 Å². The number of alkyl halides is 1. The van der Waals surface area contributed by atoms with Crippen LogP contribution in [-0.4, -0.2) is 5.88 Å². The van der Waals surface area contributed by atoms with Crippen LogP contribution in [0, 0.1) is 11.8 Å². The highest BCUT2D eigenvalue weighted by atomic mass is 35.5. The molecular weight excluding hydrogens is 156 g/mol. The molecule has 0 radical (unpaired) electrons. The van der Waals surface area contributed by atoms with E-state index in [4.69, 9.17) is 11.6 Å². The lowest BCUT2D eigenvalue weighted by Crippen LogP contribution is -2.06. The van der Waals surface area contributed by atoms with Gasteiger partial charge in [-0.05, 0) is 31.6 Å². The molecular formula is C10H19Cl. The van der Waals surface area contributed by atoms with Gasteiger partial charge in [0.05, 0.1) is 0 Å². The molecule has 0 heterocycles. The van der Waals surface area contributed by atoms with Crippen molar-refractivity contribution in [3.8, 4) is 0 Å². The van der Waals surface area contributed by atoms with Gasteiger partial charge in [-0.15, -0.1) is 18.2 Å². The van der Waals surface area contributed by atoms with Crippen molar-refractivity contribution in [2.24, 2.45) is 11.8 Å². The lowest BCUT2D eigenvalue weighted by Gasteiger charge is -2.15. The molecule has 0 aliphatic rings. The van der Waals surface area contributed by atoms with Crippen molar-refractivity contribution in [1.82, 2.24) is 0 Å². The maximum atomic E-state index is 5.81. The standard InChI is InChI=1S/C10H19Cl/c1-8(2)5-10(7-11)6-9(3)4/h9-10H,1,5-7H2,2-4H3. The minimum atomic E-state index is 0.633. The first-order valence-corrected chi connectivity index (χ1v) is 4.80. The van der Waals surface area contributed by atoms with Crippen LogP contribution in [0.5, 0.6) is 0 Å². The molecule has 0 aromatic carbocycles. The molecule has 0 nitrogen and oxygen atoms in total. The summed E-state index contributed by atoms with van der Waals surface area (Å²) < 4.78 is 0. The third-order valence-corrected chi connectivity index (χ3v) is 2.10. The van der Waals surface area contributed by atoms with Crippen LogP contribution < -0.4 is 0 Å². The zero-order valence-corrected chi connectivity index (χ0v) is 8.62. The molecule has 1 unspecified atom stereocenters. The van der Waals surface area contributed by atoms with Crippen LogP contribution in [0.3, 0.4) is 0 Å². The summed E-state index contributed by atoms with van der Waals surface area (Å²) in [6.45, 7) is 10.4. The molecule has 1 heteroatoms. The van der Waals surface area contributed by atoms with E-state index in [1.54, 1.807) is 0 Å². The Bertz CT molecular complexity index is 116. The second-order valence-electron chi connectivity index (χ2n) is 3.81. The highest BCUT2D eigenvalue weighted by molar-refractivity contribution is 6.18. The van der Waals surface area contributed by atoms with E-state index in [0.29, 0.717) is 5.92 Å². The summed E-state index contributed by atoms with van der Waals surface area (Å²) in [5, 5.41) is 0. The minimum absolute atomic E-state index is 0.633. The molecule has 1 atom stereocenters. The lowest BCUT2D eigenvalue weighted by atomic mass is 9.93. The van der Waals surface area contributed by atoms with Crippen molar-refractivity contribution in [3.05, 3.63) is 12.2 Å². The highest BCUT2D eigenvalue weighted by Gasteiger charge is 2.09. The molecule has 0 rings (SSSR count). The summed E-state index contributed by atoms with van der Waals surface area (Å²) in [4.78, 5) is 0. The highest BCUT2D eigenvalue weighted by Crippen LogP contribution is 2.19. The molecule has 0 saturated carbocycles. The Balaban J connectivity index is 3.66. The van der Waals surface area contributed by atoms with Gasteiger partial charge in [0.25, 0.3) is 0 Å². The molecule has 0 fully saturated rings. The molecule has 0 N–H and O–H groups in total. The number of rotatable bonds is 5. The van der Waals surface area contributed by atoms with Gasteiger partial charge < -0.3 is 0 Å².